The Labute approximate surface area is 142 Å². The number of para-hydroxylation sites is 1. The molecule has 1 aromatic heterocycles. The molecule has 0 radical (unpaired) electrons. The van der Waals surface area contributed by atoms with E-state index in [4.69, 9.17) is 9.31 Å². The second-order valence-corrected chi connectivity index (χ2v) is 7.29. The van der Waals surface area contributed by atoms with Crippen LogP contribution in [0.25, 0.3) is 16.7 Å². The smallest absolute Gasteiger partial charge is 0.399 e. The van der Waals surface area contributed by atoms with Crippen molar-refractivity contribution in [1.82, 2.24) is 9.55 Å². The summed E-state index contributed by atoms with van der Waals surface area (Å²) in [7, 11) is -0.362. The molecule has 24 heavy (non-hydrogen) atoms. The van der Waals surface area contributed by atoms with Crippen LogP contribution in [0, 0.1) is 0 Å². The third-order valence-corrected chi connectivity index (χ3v) is 5.13. The maximum absolute atomic E-state index is 6.17. The van der Waals surface area contributed by atoms with E-state index in [1.807, 2.05) is 36.7 Å². The summed E-state index contributed by atoms with van der Waals surface area (Å²) < 4.78 is 14.4. The number of imidazole rings is 1. The summed E-state index contributed by atoms with van der Waals surface area (Å²) in [6.45, 7) is 8.28. The average Bonchev–Trinajstić information content (AvgIpc) is 3.06. The molecule has 4 rings (SSSR count). The van der Waals surface area contributed by atoms with E-state index in [-0.39, 0.29) is 18.3 Å². The van der Waals surface area contributed by atoms with Crippen molar-refractivity contribution in [2.75, 3.05) is 0 Å². The van der Waals surface area contributed by atoms with E-state index in [0.29, 0.717) is 0 Å². The fourth-order valence-corrected chi connectivity index (χ4v) is 2.94. The summed E-state index contributed by atoms with van der Waals surface area (Å²) in [6.07, 6.45) is 1.86. The summed E-state index contributed by atoms with van der Waals surface area (Å²) >= 11 is 0. The third kappa shape index (κ3) is 2.36. The van der Waals surface area contributed by atoms with Crippen molar-refractivity contribution < 1.29 is 9.31 Å². The van der Waals surface area contributed by atoms with Gasteiger partial charge in [-0.25, -0.2) is 4.98 Å². The molecular weight excluding hydrogens is 299 g/mol. The Morgan fingerprint density at radius 1 is 0.917 bits per heavy atom. The van der Waals surface area contributed by atoms with Gasteiger partial charge in [0.05, 0.1) is 22.2 Å². The van der Waals surface area contributed by atoms with Crippen LogP contribution in [-0.4, -0.2) is 27.9 Å². The molecule has 0 aliphatic carbocycles. The lowest BCUT2D eigenvalue weighted by molar-refractivity contribution is 0.00578. The predicted molar refractivity (Wildman–Crippen MR) is 96.8 cm³/mol. The van der Waals surface area contributed by atoms with Crippen molar-refractivity contribution in [2.45, 2.75) is 38.9 Å². The van der Waals surface area contributed by atoms with Gasteiger partial charge in [0.2, 0.25) is 0 Å². The zero-order valence-electron chi connectivity index (χ0n) is 14.5. The minimum atomic E-state index is -0.362. The van der Waals surface area contributed by atoms with E-state index >= 15 is 0 Å². The highest BCUT2D eigenvalue weighted by atomic mass is 16.7. The first kappa shape index (κ1) is 15.4. The number of fused-ring (bicyclic) bond motifs is 1. The zero-order valence-corrected chi connectivity index (χ0v) is 14.5. The number of aromatic nitrogens is 2. The molecule has 3 aromatic rings. The molecule has 0 saturated carbocycles. The van der Waals surface area contributed by atoms with Crippen LogP contribution in [-0.2, 0) is 9.31 Å². The van der Waals surface area contributed by atoms with Gasteiger partial charge in [-0.15, -0.1) is 0 Å². The molecule has 0 N–H and O–H groups in total. The fourth-order valence-electron chi connectivity index (χ4n) is 2.94. The van der Waals surface area contributed by atoms with E-state index in [9.17, 15) is 0 Å². The normalized spacial score (nSPS) is 19.1. The summed E-state index contributed by atoms with van der Waals surface area (Å²) in [4.78, 5) is 4.50. The standard InChI is InChI=1S/C19H21BN2O2/c1-18(2)19(3,4)24-20(23-18)14-10-11-16-17(12-14)22(13-21-16)15-8-6-5-7-9-15/h5-13H,1-4H3. The molecule has 0 spiro atoms. The van der Waals surface area contributed by atoms with Crippen LogP contribution in [0.4, 0.5) is 0 Å². The largest absolute Gasteiger partial charge is 0.494 e. The second-order valence-electron chi connectivity index (χ2n) is 7.29. The monoisotopic (exact) mass is 320 g/mol. The summed E-state index contributed by atoms with van der Waals surface area (Å²) in [5, 5.41) is 0. The van der Waals surface area contributed by atoms with Crippen molar-refractivity contribution in [3.8, 4) is 5.69 Å². The van der Waals surface area contributed by atoms with Crippen molar-refractivity contribution in [3.05, 3.63) is 54.9 Å². The topological polar surface area (TPSA) is 36.3 Å². The maximum Gasteiger partial charge on any atom is 0.494 e. The number of rotatable bonds is 2. The lowest BCUT2D eigenvalue weighted by Gasteiger charge is -2.32. The molecule has 1 saturated heterocycles. The number of hydrogen-bond donors (Lipinski definition) is 0. The van der Waals surface area contributed by atoms with Crippen LogP contribution in [0.15, 0.2) is 54.9 Å². The molecule has 0 unspecified atom stereocenters. The summed E-state index contributed by atoms with van der Waals surface area (Å²) in [5.74, 6) is 0. The molecule has 2 aromatic carbocycles. The molecule has 1 fully saturated rings. The van der Waals surface area contributed by atoms with Crippen LogP contribution in [0.2, 0.25) is 0 Å². The number of benzene rings is 2. The van der Waals surface area contributed by atoms with E-state index in [1.165, 1.54) is 0 Å². The highest BCUT2D eigenvalue weighted by Crippen LogP contribution is 2.36. The Morgan fingerprint density at radius 2 is 1.58 bits per heavy atom. The molecule has 1 aliphatic heterocycles. The van der Waals surface area contributed by atoms with Gasteiger partial charge >= 0.3 is 7.12 Å². The van der Waals surface area contributed by atoms with Crippen molar-refractivity contribution in [2.24, 2.45) is 0 Å². The Bertz CT molecular complexity index is 871. The third-order valence-electron chi connectivity index (χ3n) is 5.13. The maximum atomic E-state index is 6.17. The predicted octanol–water partition coefficient (Wildman–Crippen LogP) is 3.32. The lowest BCUT2D eigenvalue weighted by Crippen LogP contribution is -2.41. The van der Waals surface area contributed by atoms with E-state index < -0.39 is 0 Å². The molecule has 0 bridgehead atoms. The zero-order chi connectivity index (χ0) is 16.9. The van der Waals surface area contributed by atoms with Crippen LogP contribution in [0.1, 0.15) is 27.7 Å². The number of nitrogens with zero attached hydrogens (tertiary/aromatic N) is 2. The van der Waals surface area contributed by atoms with Crippen molar-refractivity contribution in [1.29, 1.82) is 0 Å². The molecule has 5 heteroatoms. The van der Waals surface area contributed by atoms with Crippen LogP contribution in [0.3, 0.4) is 0 Å². The van der Waals surface area contributed by atoms with Crippen molar-refractivity contribution in [3.63, 3.8) is 0 Å². The highest BCUT2D eigenvalue weighted by molar-refractivity contribution is 6.62. The quantitative estimate of drug-likeness (QED) is 0.680. The first-order valence-corrected chi connectivity index (χ1v) is 8.25. The van der Waals surface area contributed by atoms with E-state index in [2.05, 4.69) is 55.4 Å². The molecule has 122 valence electrons. The molecule has 0 atom stereocenters. The van der Waals surface area contributed by atoms with Crippen LogP contribution < -0.4 is 5.46 Å². The van der Waals surface area contributed by atoms with Gasteiger partial charge in [0, 0.05) is 5.69 Å². The lowest BCUT2D eigenvalue weighted by atomic mass is 9.79. The molecule has 0 amide bonds. The molecule has 1 aliphatic rings. The fraction of sp³-hybridized carbons (Fsp3) is 0.316. The average molecular weight is 320 g/mol. The Morgan fingerprint density at radius 3 is 2.25 bits per heavy atom. The van der Waals surface area contributed by atoms with Gasteiger partial charge in [-0.1, -0.05) is 24.3 Å². The van der Waals surface area contributed by atoms with Gasteiger partial charge in [0.1, 0.15) is 6.33 Å². The summed E-state index contributed by atoms with van der Waals surface area (Å²) in [6, 6.07) is 16.4. The molecule has 2 heterocycles. The van der Waals surface area contributed by atoms with E-state index in [1.54, 1.807) is 0 Å². The highest BCUT2D eigenvalue weighted by Gasteiger charge is 2.51. The van der Waals surface area contributed by atoms with Crippen LogP contribution >= 0.6 is 0 Å². The Hall–Kier alpha value is -2.11. The van der Waals surface area contributed by atoms with Gasteiger partial charge in [0.25, 0.3) is 0 Å². The summed E-state index contributed by atoms with van der Waals surface area (Å²) in [5.41, 5.74) is 3.43. The first-order valence-electron chi connectivity index (χ1n) is 8.25. The number of hydrogen-bond acceptors (Lipinski definition) is 3. The molecule has 4 nitrogen and oxygen atoms in total. The Kier molecular flexibility index (Phi) is 3.34. The van der Waals surface area contributed by atoms with Gasteiger partial charge in [-0.2, -0.15) is 0 Å². The van der Waals surface area contributed by atoms with Crippen molar-refractivity contribution >= 4 is 23.6 Å². The van der Waals surface area contributed by atoms with Gasteiger partial charge < -0.3 is 9.31 Å². The van der Waals surface area contributed by atoms with Crippen LogP contribution in [0.5, 0.6) is 0 Å². The SMILES string of the molecule is CC1(C)OB(c2ccc3ncn(-c4ccccc4)c3c2)OC1(C)C. The minimum absolute atomic E-state index is 0.341. The van der Waals surface area contributed by atoms with Gasteiger partial charge in [0.15, 0.2) is 0 Å². The second kappa shape index (κ2) is 5.20. The van der Waals surface area contributed by atoms with Gasteiger partial charge in [-0.3, -0.25) is 4.57 Å². The first-order chi connectivity index (χ1) is 11.4. The Balaban J connectivity index is 1.77. The minimum Gasteiger partial charge on any atom is -0.399 e. The van der Waals surface area contributed by atoms with Gasteiger partial charge in [-0.05, 0) is 57.4 Å². The van der Waals surface area contributed by atoms with E-state index in [0.717, 1.165) is 22.2 Å². The molecular formula is C19H21BN2O2.